The predicted molar refractivity (Wildman–Crippen MR) is 112 cm³/mol. The first-order valence-electron chi connectivity index (χ1n) is 8.97. The summed E-state index contributed by atoms with van der Waals surface area (Å²) in [5.74, 6) is 0. The zero-order valence-corrected chi connectivity index (χ0v) is 15.7. The number of hydrogen-bond acceptors (Lipinski definition) is 0. The summed E-state index contributed by atoms with van der Waals surface area (Å²) < 4.78 is 2.38. The molecule has 124 valence electrons. The van der Waals surface area contributed by atoms with Gasteiger partial charge in [0.15, 0.2) is 0 Å². The van der Waals surface area contributed by atoms with Crippen LogP contribution in [0.1, 0.15) is 31.9 Å². The van der Waals surface area contributed by atoms with Gasteiger partial charge in [0.25, 0.3) is 0 Å². The van der Waals surface area contributed by atoms with E-state index in [9.17, 15) is 0 Å². The molecule has 2 heteroatoms. The molecule has 0 aliphatic heterocycles. The van der Waals surface area contributed by atoms with Gasteiger partial charge in [-0.1, -0.05) is 62.1 Å². The molecular formula is C23H24BN. The van der Waals surface area contributed by atoms with Crippen molar-refractivity contribution in [3.63, 3.8) is 0 Å². The van der Waals surface area contributed by atoms with Crippen LogP contribution >= 0.6 is 0 Å². The van der Waals surface area contributed by atoms with E-state index in [1.54, 1.807) is 0 Å². The fraction of sp³-hybridized carbons (Fsp3) is 0.217. The van der Waals surface area contributed by atoms with E-state index in [4.69, 9.17) is 0 Å². The lowest BCUT2D eigenvalue weighted by Gasteiger charge is -2.19. The van der Waals surface area contributed by atoms with Gasteiger partial charge in [-0.05, 0) is 48.2 Å². The fourth-order valence-corrected chi connectivity index (χ4v) is 3.64. The number of fused-ring (bicyclic) bond motifs is 3. The third-order valence-electron chi connectivity index (χ3n) is 5.07. The molecule has 0 radical (unpaired) electrons. The molecular weight excluding hydrogens is 301 g/mol. The second-order valence-corrected chi connectivity index (χ2v) is 8.17. The molecule has 0 N–H and O–H groups in total. The highest BCUT2D eigenvalue weighted by atomic mass is 15.0. The van der Waals surface area contributed by atoms with E-state index >= 15 is 0 Å². The largest absolute Gasteiger partial charge is 0.309 e. The van der Waals surface area contributed by atoms with E-state index in [1.165, 1.54) is 44.1 Å². The van der Waals surface area contributed by atoms with Crippen molar-refractivity contribution in [2.45, 2.75) is 33.1 Å². The average molecular weight is 325 g/mol. The minimum Gasteiger partial charge on any atom is -0.309 e. The Hall–Kier alpha value is -2.48. The van der Waals surface area contributed by atoms with E-state index in [1.807, 2.05) is 0 Å². The highest BCUT2D eigenvalue weighted by Crippen LogP contribution is 2.33. The van der Waals surface area contributed by atoms with E-state index in [-0.39, 0.29) is 5.41 Å². The van der Waals surface area contributed by atoms with Crippen molar-refractivity contribution < 1.29 is 0 Å². The quantitative estimate of drug-likeness (QED) is 0.449. The van der Waals surface area contributed by atoms with Gasteiger partial charge in [-0.2, -0.15) is 0 Å². The Morgan fingerprint density at radius 2 is 1.36 bits per heavy atom. The second kappa shape index (κ2) is 5.52. The molecule has 0 bridgehead atoms. The van der Waals surface area contributed by atoms with Crippen molar-refractivity contribution in [2.75, 3.05) is 0 Å². The standard InChI is InChI=1S/C23H24BN/c1-15-5-11-21-19(13-15)20-14-17(24)8-12-22(20)25(21)18-9-6-16(7-10-18)23(2,3)4/h5-14H,24H2,1-4H3. The van der Waals surface area contributed by atoms with Crippen molar-refractivity contribution in [3.05, 3.63) is 71.8 Å². The smallest absolute Gasteiger partial charge is 0.139 e. The number of aryl methyl sites for hydroxylation is 1. The lowest BCUT2D eigenvalue weighted by atomic mass is 9.87. The minimum absolute atomic E-state index is 0.174. The van der Waals surface area contributed by atoms with Gasteiger partial charge < -0.3 is 4.57 Å². The first kappa shape index (κ1) is 16.0. The normalized spacial score (nSPS) is 12.2. The first-order chi connectivity index (χ1) is 11.8. The van der Waals surface area contributed by atoms with Crippen LogP contribution in [0.15, 0.2) is 60.7 Å². The van der Waals surface area contributed by atoms with Crippen molar-refractivity contribution in [3.8, 4) is 5.69 Å². The summed E-state index contributed by atoms with van der Waals surface area (Å²) >= 11 is 0. The van der Waals surface area contributed by atoms with E-state index in [0.29, 0.717) is 0 Å². The summed E-state index contributed by atoms with van der Waals surface area (Å²) in [4.78, 5) is 0. The van der Waals surface area contributed by atoms with Crippen LogP contribution in [0.5, 0.6) is 0 Å². The third kappa shape index (κ3) is 2.66. The zero-order chi connectivity index (χ0) is 17.8. The second-order valence-electron chi connectivity index (χ2n) is 8.17. The Labute approximate surface area is 150 Å². The molecule has 0 amide bonds. The average Bonchev–Trinajstić information content (AvgIpc) is 2.87. The first-order valence-corrected chi connectivity index (χ1v) is 8.97. The van der Waals surface area contributed by atoms with Gasteiger partial charge in [-0.15, -0.1) is 0 Å². The zero-order valence-electron chi connectivity index (χ0n) is 15.7. The van der Waals surface area contributed by atoms with Crippen LogP contribution in [0, 0.1) is 6.92 Å². The highest BCUT2D eigenvalue weighted by Gasteiger charge is 2.15. The van der Waals surface area contributed by atoms with Crippen LogP contribution in [0.3, 0.4) is 0 Å². The fourth-order valence-electron chi connectivity index (χ4n) is 3.64. The molecule has 0 spiro atoms. The predicted octanol–water partition coefficient (Wildman–Crippen LogP) is 4.65. The van der Waals surface area contributed by atoms with Gasteiger partial charge in [0, 0.05) is 16.5 Å². The van der Waals surface area contributed by atoms with Crippen LogP contribution < -0.4 is 5.46 Å². The molecule has 1 heterocycles. The highest BCUT2D eigenvalue weighted by molar-refractivity contribution is 6.33. The molecule has 0 saturated carbocycles. The summed E-state index contributed by atoms with van der Waals surface area (Å²) in [6.07, 6.45) is 0. The topological polar surface area (TPSA) is 4.93 Å². The molecule has 1 nitrogen and oxygen atoms in total. The van der Waals surface area contributed by atoms with Gasteiger partial charge in [-0.3, -0.25) is 0 Å². The molecule has 4 aromatic rings. The molecule has 3 aromatic carbocycles. The Morgan fingerprint density at radius 1 is 0.760 bits per heavy atom. The molecule has 0 aliphatic rings. The maximum atomic E-state index is 2.38. The van der Waals surface area contributed by atoms with Crippen molar-refractivity contribution in [1.82, 2.24) is 4.57 Å². The lowest BCUT2D eigenvalue weighted by molar-refractivity contribution is 0.590. The lowest BCUT2D eigenvalue weighted by Crippen LogP contribution is -2.10. The Morgan fingerprint density at radius 3 is 2.00 bits per heavy atom. The maximum Gasteiger partial charge on any atom is 0.139 e. The third-order valence-corrected chi connectivity index (χ3v) is 5.07. The van der Waals surface area contributed by atoms with E-state index in [0.717, 1.165) is 0 Å². The summed E-state index contributed by atoms with van der Waals surface area (Å²) in [5, 5.41) is 2.66. The summed E-state index contributed by atoms with van der Waals surface area (Å²) in [5.41, 5.74) is 7.91. The van der Waals surface area contributed by atoms with Crippen LogP contribution in [-0.4, -0.2) is 12.4 Å². The molecule has 0 atom stereocenters. The van der Waals surface area contributed by atoms with Crippen molar-refractivity contribution >= 4 is 35.1 Å². The number of rotatable bonds is 1. The summed E-state index contributed by atoms with van der Waals surface area (Å²) in [6, 6.07) is 22.5. The molecule has 0 fully saturated rings. The van der Waals surface area contributed by atoms with Crippen molar-refractivity contribution in [2.24, 2.45) is 0 Å². The van der Waals surface area contributed by atoms with Gasteiger partial charge in [0.05, 0.1) is 11.0 Å². The molecule has 1 aromatic heterocycles. The molecule has 25 heavy (non-hydrogen) atoms. The van der Waals surface area contributed by atoms with E-state index < -0.39 is 0 Å². The van der Waals surface area contributed by atoms with Crippen LogP contribution in [0.4, 0.5) is 0 Å². The summed E-state index contributed by atoms with van der Waals surface area (Å²) in [7, 11) is 2.16. The van der Waals surface area contributed by atoms with Gasteiger partial charge in [0.1, 0.15) is 7.85 Å². The SMILES string of the molecule is Bc1ccc2c(c1)c1cc(C)ccc1n2-c1ccc(C(C)(C)C)cc1. The monoisotopic (exact) mass is 325 g/mol. The van der Waals surface area contributed by atoms with E-state index in [2.05, 4.69) is 101 Å². The van der Waals surface area contributed by atoms with Gasteiger partial charge in [-0.25, -0.2) is 0 Å². The van der Waals surface area contributed by atoms with Gasteiger partial charge in [0.2, 0.25) is 0 Å². The maximum absolute atomic E-state index is 2.38. The number of nitrogens with zero attached hydrogens (tertiary/aromatic N) is 1. The minimum atomic E-state index is 0.174. The van der Waals surface area contributed by atoms with Crippen molar-refractivity contribution in [1.29, 1.82) is 0 Å². The molecule has 4 rings (SSSR count). The molecule has 0 aliphatic carbocycles. The molecule has 0 saturated heterocycles. The van der Waals surface area contributed by atoms with Crippen LogP contribution in [0.25, 0.3) is 27.5 Å². The Kier molecular flexibility index (Phi) is 3.54. The number of aromatic nitrogens is 1. The number of hydrogen-bond donors (Lipinski definition) is 0. The Bertz CT molecular complexity index is 1020. The van der Waals surface area contributed by atoms with Crippen LogP contribution in [-0.2, 0) is 5.41 Å². The van der Waals surface area contributed by atoms with Gasteiger partial charge >= 0.3 is 0 Å². The number of benzene rings is 3. The summed E-state index contributed by atoms with van der Waals surface area (Å²) in [6.45, 7) is 8.94. The van der Waals surface area contributed by atoms with Crippen LogP contribution in [0.2, 0.25) is 0 Å². The molecule has 0 unspecified atom stereocenters. The Balaban J connectivity index is 2.03.